The van der Waals surface area contributed by atoms with E-state index in [0.717, 1.165) is 4.57 Å². The van der Waals surface area contributed by atoms with Gasteiger partial charge >= 0.3 is 0 Å². The number of fused-ring (bicyclic) bond motifs is 6. The molecular weight excluding hydrogens is 629 g/mol. The van der Waals surface area contributed by atoms with Gasteiger partial charge in [-0.3, -0.25) is 0 Å². The van der Waals surface area contributed by atoms with E-state index in [1.165, 1.54) is 0 Å². The molecule has 7 aromatic carbocycles. The summed E-state index contributed by atoms with van der Waals surface area (Å²) < 4.78 is 249. The van der Waals surface area contributed by atoms with Crippen LogP contribution in [-0.4, -0.2) is 19.5 Å². The van der Waals surface area contributed by atoms with Crippen LogP contribution in [0.25, 0.3) is 93.0 Å². The second-order valence-corrected chi connectivity index (χ2v) is 11.3. The van der Waals surface area contributed by atoms with Crippen molar-refractivity contribution in [1.82, 2.24) is 19.5 Å². The van der Waals surface area contributed by atoms with E-state index in [0.29, 0.717) is 11.3 Å². The lowest BCUT2D eigenvalue weighted by Crippen LogP contribution is -2.03. The van der Waals surface area contributed by atoms with E-state index in [1.807, 2.05) is 0 Å². The molecule has 0 spiro atoms. The van der Waals surface area contributed by atoms with E-state index in [4.69, 9.17) is 31.5 Å². The average molecular weight is 685 g/mol. The molecule has 0 N–H and O–H groups in total. The molecule has 0 aliphatic heterocycles. The maximum atomic E-state index is 9.58. The monoisotopic (exact) mass is 684 g/mol. The number of nitrogens with zero attached hydrogens (tertiary/aromatic N) is 4. The molecule has 0 fully saturated rings. The minimum absolute atomic E-state index is 0.166. The van der Waals surface area contributed by atoms with Gasteiger partial charge in [-0.2, -0.15) is 0 Å². The predicted molar refractivity (Wildman–Crippen MR) is 209 cm³/mol. The molecule has 0 saturated carbocycles. The molecule has 4 nitrogen and oxygen atoms in total. The minimum atomic E-state index is -1.06. The number of para-hydroxylation sites is 3. The third kappa shape index (κ3) is 4.63. The summed E-state index contributed by atoms with van der Waals surface area (Å²) >= 11 is 0.604. The average Bonchev–Trinajstić information content (AvgIpc) is 3.84. The lowest BCUT2D eigenvalue weighted by molar-refractivity contribution is 1.07. The Labute approximate surface area is 332 Å². The van der Waals surface area contributed by atoms with Crippen LogP contribution in [-0.2, 0) is 0 Å². The maximum absolute atomic E-state index is 9.58. The molecule has 0 aliphatic carbocycles. The number of aromatic nitrogens is 4. The number of thiophene rings is 1. The van der Waals surface area contributed by atoms with Gasteiger partial charge in [-0.05, 0) is 53.4 Å². The highest BCUT2D eigenvalue weighted by Gasteiger charge is 2.20. The van der Waals surface area contributed by atoms with Crippen molar-refractivity contribution in [3.8, 4) is 51.0 Å². The fourth-order valence-corrected chi connectivity index (χ4v) is 6.49. The topological polar surface area (TPSA) is 43.6 Å². The highest BCUT2D eigenvalue weighted by atomic mass is 32.1. The lowest BCUT2D eigenvalue weighted by Gasteiger charge is -2.15. The van der Waals surface area contributed by atoms with Crippen LogP contribution in [0.15, 0.2) is 169 Å². The smallest absolute Gasteiger partial charge is 0.166 e. The van der Waals surface area contributed by atoms with E-state index in [9.17, 15) is 6.85 Å². The first kappa shape index (κ1) is 12.2. The predicted octanol–water partition coefficient (Wildman–Crippen LogP) is 12.0. The SMILES string of the molecule is [2H]c1c([2H])c([2H])c(-c2c([2H])c([2H])c([2H])c(-c3nc(-c4c([2H])c([2H])c([2H])c([2H])c4-n4c5c([2H])c([2H])c([2H])c([2H])c5c5c([2H])c([2H])c([2H])c([2H])c54)nc(-c4c([2H])c([2H])c([2H])c5c4sc4c([2H])c([2H])c([2H])c([2H])c45)n3)c2[2H])c([2H])c1[2H]. The summed E-state index contributed by atoms with van der Waals surface area (Å²) in [6.45, 7) is 0. The number of hydrogen-bond acceptors (Lipinski definition) is 4. The van der Waals surface area contributed by atoms with Gasteiger partial charge in [0.2, 0.25) is 0 Å². The van der Waals surface area contributed by atoms with E-state index >= 15 is 0 Å². The third-order valence-corrected chi connectivity index (χ3v) is 8.66. The highest BCUT2D eigenvalue weighted by molar-refractivity contribution is 7.26. The Morgan fingerprint density at radius 1 is 0.420 bits per heavy atom. The molecule has 10 rings (SSSR count). The first-order chi connectivity index (χ1) is 36.4. The van der Waals surface area contributed by atoms with E-state index < -0.39 is 242 Å². The molecule has 0 saturated heterocycles. The van der Waals surface area contributed by atoms with Crippen molar-refractivity contribution in [3.63, 3.8) is 0 Å². The molecule has 0 unspecified atom stereocenters. The Hall–Kier alpha value is -6.43. The van der Waals surface area contributed by atoms with Crippen LogP contribution in [0.4, 0.5) is 0 Å². The Morgan fingerprint density at radius 2 is 0.960 bits per heavy atom. The normalized spacial score (nSPS) is 19.4. The summed E-state index contributed by atoms with van der Waals surface area (Å²) in [4.78, 5) is 13.6. The quantitative estimate of drug-likeness (QED) is 0.181. The van der Waals surface area contributed by atoms with Crippen molar-refractivity contribution in [3.05, 3.63) is 169 Å². The molecule has 0 bridgehead atoms. The van der Waals surface area contributed by atoms with E-state index in [1.54, 1.807) is 0 Å². The third-order valence-electron chi connectivity index (χ3n) is 7.54. The van der Waals surface area contributed by atoms with E-state index in [2.05, 4.69) is 15.0 Å². The molecule has 5 heteroatoms. The van der Waals surface area contributed by atoms with Crippen molar-refractivity contribution in [2.45, 2.75) is 0 Å². The first-order valence-electron chi connectivity index (χ1n) is 28.4. The number of hydrogen-bond donors (Lipinski definition) is 0. The maximum Gasteiger partial charge on any atom is 0.166 e. The molecule has 3 heterocycles. The van der Waals surface area contributed by atoms with Crippen molar-refractivity contribution in [2.24, 2.45) is 0 Å². The molecule has 50 heavy (non-hydrogen) atoms. The van der Waals surface area contributed by atoms with Crippen LogP contribution in [0.5, 0.6) is 0 Å². The zero-order chi connectivity index (χ0) is 57.4. The summed E-state index contributed by atoms with van der Waals surface area (Å²) in [6, 6.07) is -24.8. The van der Waals surface area contributed by atoms with Gasteiger partial charge in [0.15, 0.2) is 17.5 Å². The zero-order valence-electron chi connectivity index (χ0n) is 52.7. The largest absolute Gasteiger partial charge is 0.309 e. The Kier molecular flexibility index (Phi) is 2.83. The van der Waals surface area contributed by atoms with Crippen LogP contribution in [0.2, 0.25) is 0 Å². The molecule has 3 aromatic heterocycles. The second kappa shape index (κ2) is 11.6. The van der Waals surface area contributed by atoms with Crippen molar-refractivity contribution < 1.29 is 38.4 Å². The fourth-order valence-electron chi connectivity index (χ4n) is 5.43. The van der Waals surface area contributed by atoms with Gasteiger partial charge in [-0.15, -0.1) is 11.3 Å². The standard InChI is InChI=1S/C45H28N4S/c1-2-14-29(15-3-1)30-16-12-17-31(28-30)43-46-44(48-45(47-43)37-23-13-22-35-34-20-7-11-27-41(34)50-42(35)37)36-21-6-10-26-40(36)49-38-24-8-4-18-32(38)33-19-5-9-25-39(33)49/h1-28H/i1D,2D,3D,4D,5D,6D,7D,8D,9D,10D,11D,12D,13D,14D,15D,16D,17D,18D,19D,20D,21D,22D,23D,24D,25D,26D,27D,28D. The summed E-state index contributed by atoms with van der Waals surface area (Å²) in [5.41, 5.74) is -5.98. The molecule has 0 aliphatic rings. The van der Waals surface area contributed by atoms with Gasteiger partial charge in [0.1, 0.15) is 0 Å². The summed E-state index contributed by atoms with van der Waals surface area (Å²) in [5.74, 6) is -2.69. The van der Waals surface area contributed by atoms with Crippen LogP contribution in [0.3, 0.4) is 0 Å². The molecular formula is C45H28N4S. The van der Waals surface area contributed by atoms with Crippen LogP contribution in [0.1, 0.15) is 38.4 Å². The molecule has 0 atom stereocenters. The lowest BCUT2D eigenvalue weighted by atomic mass is 10.0. The fraction of sp³-hybridized carbons (Fsp3) is 0. The Bertz CT molecular complexity index is 4390. The minimum Gasteiger partial charge on any atom is -0.309 e. The summed E-state index contributed by atoms with van der Waals surface area (Å²) in [5, 5.41) is -1.61. The second-order valence-electron chi connectivity index (χ2n) is 10.3. The highest BCUT2D eigenvalue weighted by Crippen LogP contribution is 2.41. The molecule has 0 amide bonds. The Morgan fingerprint density at radius 3 is 1.76 bits per heavy atom. The first-order valence-corrected chi connectivity index (χ1v) is 15.2. The van der Waals surface area contributed by atoms with Gasteiger partial charge in [0.25, 0.3) is 0 Å². The summed E-state index contributed by atoms with van der Waals surface area (Å²) in [7, 11) is 0. The zero-order valence-corrected chi connectivity index (χ0v) is 25.5. The van der Waals surface area contributed by atoms with Crippen LogP contribution in [0, 0.1) is 0 Å². The number of benzene rings is 7. The molecule has 234 valence electrons. The van der Waals surface area contributed by atoms with Crippen LogP contribution < -0.4 is 0 Å². The van der Waals surface area contributed by atoms with Gasteiger partial charge in [-0.25, -0.2) is 15.0 Å². The van der Waals surface area contributed by atoms with Gasteiger partial charge in [0, 0.05) is 47.6 Å². The van der Waals surface area contributed by atoms with Gasteiger partial charge < -0.3 is 4.57 Å². The van der Waals surface area contributed by atoms with Gasteiger partial charge in [-0.1, -0.05) is 127 Å². The van der Waals surface area contributed by atoms with Crippen molar-refractivity contribution in [2.75, 3.05) is 0 Å². The van der Waals surface area contributed by atoms with Crippen LogP contribution >= 0.6 is 11.3 Å². The Balaban J connectivity index is 1.47. The van der Waals surface area contributed by atoms with Crippen molar-refractivity contribution in [1.29, 1.82) is 0 Å². The van der Waals surface area contributed by atoms with Gasteiger partial charge in [0.05, 0.1) is 55.1 Å². The summed E-state index contributed by atoms with van der Waals surface area (Å²) in [6.07, 6.45) is 0. The van der Waals surface area contributed by atoms with Crippen molar-refractivity contribution >= 4 is 53.3 Å². The number of rotatable bonds is 5. The molecule has 10 aromatic rings. The molecule has 0 radical (unpaired) electrons. The van der Waals surface area contributed by atoms with E-state index in [-0.39, 0.29) is 20.2 Å².